The number of rotatable bonds is 8. The molecule has 1 aliphatic carbocycles. The molecule has 6 nitrogen and oxygen atoms in total. The Morgan fingerprint density at radius 2 is 1.92 bits per heavy atom. The highest BCUT2D eigenvalue weighted by Crippen LogP contribution is 2.28. The predicted molar refractivity (Wildman–Crippen MR) is 91.0 cm³/mol. The van der Waals surface area contributed by atoms with Crippen molar-refractivity contribution < 1.29 is 19.1 Å². The lowest BCUT2D eigenvalue weighted by Crippen LogP contribution is -2.40. The topological polar surface area (TPSA) is 67.9 Å². The van der Waals surface area contributed by atoms with Crippen molar-refractivity contribution in [1.29, 1.82) is 0 Å². The van der Waals surface area contributed by atoms with Gasteiger partial charge in [0, 0.05) is 32.5 Å². The second-order valence-electron chi connectivity index (χ2n) is 6.05. The van der Waals surface area contributed by atoms with Crippen LogP contribution in [0.5, 0.6) is 11.5 Å². The number of ether oxygens (including phenoxy) is 2. The number of nitrogens with zero attached hydrogens (tertiary/aromatic N) is 1. The van der Waals surface area contributed by atoms with Gasteiger partial charge >= 0.3 is 0 Å². The molecule has 2 rings (SSSR count). The minimum Gasteiger partial charge on any atom is -0.493 e. The molecule has 1 aromatic rings. The molecule has 0 bridgehead atoms. The zero-order valence-corrected chi connectivity index (χ0v) is 14.6. The average molecular weight is 334 g/mol. The molecule has 0 saturated heterocycles. The standard InChI is InChI=1S/C18H26N2O4/c1-13(21)20(10-9-19-18(22)15-5-4-6-15)12-14-7-8-16(23-2)17(11-14)24-3/h7-8,11,15H,4-6,9-10,12H2,1-3H3,(H,19,22). The monoisotopic (exact) mass is 334 g/mol. The van der Waals surface area contributed by atoms with Crippen LogP contribution in [0, 0.1) is 5.92 Å². The van der Waals surface area contributed by atoms with Crippen LogP contribution in [-0.4, -0.2) is 44.0 Å². The van der Waals surface area contributed by atoms with Crippen LogP contribution >= 0.6 is 0 Å². The van der Waals surface area contributed by atoms with E-state index < -0.39 is 0 Å². The number of benzene rings is 1. The molecular formula is C18H26N2O4. The van der Waals surface area contributed by atoms with Gasteiger partial charge in [-0.15, -0.1) is 0 Å². The van der Waals surface area contributed by atoms with Crippen LogP contribution < -0.4 is 14.8 Å². The molecule has 0 radical (unpaired) electrons. The van der Waals surface area contributed by atoms with Crippen LogP contribution in [-0.2, 0) is 16.1 Å². The summed E-state index contributed by atoms with van der Waals surface area (Å²) in [5.74, 6) is 1.54. The fourth-order valence-corrected chi connectivity index (χ4v) is 2.68. The third-order valence-corrected chi connectivity index (χ3v) is 4.42. The van der Waals surface area contributed by atoms with Gasteiger partial charge in [-0.25, -0.2) is 0 Å². The van der Waals surface area contributed by atoms with Crippen molar-refractivity contribution in [3.63, 3.8) is 0 Å². The van der Waals surface area contributed by atoms with E-state index in [9.17, 15) is 9.59 Å². The summed E-state index contributed by atoms with van der Waals surface area (Å²) in [6.45, 7) is 2.97. The maximum Gasteiger partial charge on any atom is 0.223 e. The molecule has 0 aliphatic heterocycles. The second kappa shape index (κ2) is 8.57. The quantitative estimate of drug-likeness (QED) is 0.789. The van der Waals surface area contributed by atoms with Crippen molar-refractivity contribution in [3.8, 4) is 11.5 Å². The highest BCUT2D eigenvalue weighted by molar-refractivity contribution is 5.79. The molecule has 6 heteroatoms. The summed E-state index contributed by atoms with van der Waals surface area (Å²) in [6, 6.07) is 5.59. The van der Waals surface area contributed by atoms with Gasteiger partial charge in [-0.05, 0) is 30.5 Å². The Hall–Kier alpha value is -2.24. The molecule has 0 heterocycles. The molecule has 24 heavy (non-hydrogen) atoms. The molecule has 1 fully saturated rings. The van der Waals surface area contributed by atoms with E-state index in [0.717, 1.165) is 24.8 Å². The summed E-state index contributed by atoms with van der Waals surface area (Å²) in [5.41, 5.74) is 0.952. The van der Waals surface area contributed by atoms with E-state index in [0.29, 0.717) is 31.1 Å². The van der Waals surface area contributed by atoms with E-state index in [1.165, 1.54) is 6.92 Å². The lowest BCUT2D eigenvalue weighted by Gasteiger charge is -2.26. The zero-order valence-electron chi connectivity index (χ0n) is 14.6. The van der Waals surface area contributed by atoms with Gasteiger partial charge < -0.3 is 19.7 Å². The second-order valence-corrected chi connectivity index (χ2v) is 6.05. The smallest absolute Gasteiger partial charge is 0.223 e. The highest BCUT2D eigenvalue weighted by Gasteiger charge is 2.24. The molecule has 0 atom stereocenters. The first-order chi connectivity index (χ1) is 11.5. The van der Waals surface area contributed by atoms with E-state index in [1.54, 1.807) is 19.1 Å². The van der Waals surface area contributed by atoms with Gasteiger partial charge in [0.1, 0.15) is 0 Å². The summed E-state index contributed by atoms with van der Waals surface area (Å²) >= 11 is 0. The first kappa shape index (κ1) is 18.1. The van der Waals surface area contributed by atoms with Gasteiger partial charge in [-0.3, -0.25) is 9.59 Å². The molecule has 0 spiro atoms. The number of carbonyl (C=O) groups excluding carboxylic acids is 2. The largest absolute Gasteiger partial charge is 0.493 e. The molecule has 2 amide bonds. The molecule has 1 aromatic carbocycles. The SMILES string of the molecule is COc1ccc(CN(CCNC(=O)C2CCC2)C(C)=O)cc1OC. The van der Waals surface area contributed by atoms with Crippen LogP contribution in [0.25, 0.3) is 0 Å². The van der Waals surface area contributed by atoms with Gasteiger partial charge in [0.25, 0.3) is 0 Å². The maximum atomic E-state index is 11.9. The van der Waals surface area contributed by atoms with Gasteiger partial charge in [0.15, 0.2) is 11.5 Å². The molecule has 1 saturated carbocycles. The Morgan fingerprint density at radius 1 is 1.21 bits per heavy atom. The van der Waals surface area contributed by atoms with E-state index in [4.69, 9.17) is 9.47 Å². The molecule has 1 N–H and O–H groups in total. The summed E-state index contributed by atoms with van der Waals surface area (Å²) in [6.07, 6.45) is 3.10. The summed E-state index contributed by atoms with van der Waals surface area (Å²) in [4.78, 5) is 25.4. The molecule has 0 aromatic heterocycles. The van der Waals surface area contributed by atoms with E-state index in [2.05, 4.69) is 5.32 Å². The highest BCUT2D eigenvalue weighted by atomic mass is 16.5. The number of hydrogen-bond donors (Lipinski definition) is 1. The van der Waals surface area contributed by atoms with Crippen molar-refractivity contribution in [2.24, 2.45) is 5.92 Å². The lowest BCUT2D eigenvalue weighted by atomic mass is 9.85. The number of carbonyl (C=O) groups is 2. The predicted octanol–water partition coefficient (Wildman–Crippen LogP) is 1.97. The van der Waals surface area contributed by atoms with Gasteiger partial charge in [-0.1, -0.05) is 12.5 Å². The zero-order chi connectivity index (χ0) is 17.5. The van der Waals surface area contributed by atoms with Gasteiger partial charge in [0.05, 0.1) is 14.2 Å². The molecule has 1 aliphatic rings. The van der Waals surface area contributed by atoms with Crippen LogP contribution in [0.4, 0.5) is 0 Å². The fourth-order valence-electron chi connectivity index (χ4n) is 2.68. The van der Waals surface area contributed by atoms with Crippen molar-refractivity contribution >= 4 is 11.8 Å². The van der Waals surface area contributed by atoms with Crippen LogP contribution in [0.2, 0.25) is 0 Å². The number of amides is 2. The maximum absolute atomic E-state index is 11.9. The first-order valence-electron chi connectivity index (χ1n) is 8.29. The molecule has 132 valence electrons. The Balaban J connectivity index is 1.90. The minimum atomic E-state index is -0.0253. The fraction of sp³-hybridized carbons (Fsp3) is 0.556. The molecular weight excluding hydrogens is 308 g/mol. The van der Waals surface area contributed by atoms with Crippen LogP contribution in [0.15, 0.2) is 18.2 Å². The van der Waals surface area contributed by atoms with E-state index >= 15 is 0 Å². The summed E-state index contributed by atoms with van der Waals surface area (Å²) < 4.78 is 10.5. The van der Waals surface area contributed by atoms with Crippen molar-refractivity contribution in [3.05, 3.63) is 23.8 Å². The third-order valence-electron chi connectivity index (χ3n) is 4.42. The van der Waals surface area contributed by atoms with Crippen molar-refractivity contribution in [2.75, 3.05) is 27.3 Å². The lowest BCUT2D eigenvalue weighted by molar-refractivity contribution is -0.131. The van der Waals surface area contributed by atoms with Crippen molar-refractivity contribution in [2.45, 2.75) is 32.7 Å². The number of nitrogens with one attached hydrogen (secondary N) is 1. The average Bonchev–Trinajstić information content (AvgIpc) is 2.51. The Kier molecular flexibility index (Phi) is 6.46. The summed E-state index contributed by atoms with van der Waals surface area (Å²) in [5, 5.41) is 2.92. The number of methoxy groups -OCH3 is 2. The normalized spacial score (nSPS) is 13.8. The molecule has 0 unspecified atom stereocenters. The number of hydrogen-bond acceptors (Lipinski definition) is 4. The van der Waals surface area contributed by atoms with E-state index in [1.807, 2.05) is 18.2 Å². The summed E-state index contributed by atoms with van der Waals surface area (Å²) in [7, 11) is 3.17. The van der Waals surface area contributed by atoms with Crippen LogP contribution in [0.1, 0.15) is 31.7 Å². The Bertz CT molecular complexity index is 584. The third kappa shape index (κ3) is 4.63. The first-order valence-corrected chi connectivity index (χ1v) is 8.29. The van der Waals surface area contributed by atoms with Gasteiger partial charge in [-0.2, -0.15) is 0 Å². The van der Waals surface area contributed by atoms with Crippen LogP contribution in [0.3, 0.4) is 0 Å². The Morgan fingerprint density at radius 3 is 2.46 bits per heavy atom. The minimum absolute atomic E-state index is 0.0253. The Labute approximate surface area is 143 Å². The van der Waals surface area contributed by atoms with E-state index in [-0.39, 0.29) is 17.7 Å². The van der Waals surface area contributed by atoms with Crippen molar-refractivity contribution in [1.82, 2.24) is 10.2 Å². The van der Waals surface area contributed by atoms with Gasteiger partial charge in [0.2, 0.25) is 11.8 Å².